The van der Waals surface area contributed by atoms with E-state index in [1.54, 1.807) is 18.2 Å². The maximum absolute atomic E-state index is 12.0. The maximum atomic E-state index is 12.0. The Morgan fingerprint density at radius 3 is 2.54 bits per heavy atom. The van der Waals surface area contributed by atoms with Gasteiger partial charge in [-0.25, -0.2) is 4.68 Å². The van der Waals surface area contributed by atoms with Crippen LogP contribution in [0.4, 0.5) is 5.69 Å². The molecular formula is C18H15N3O3. The van der Waals surface area contributed by atoms with Crippen LogP contribution in [0.25, 0.3) is 11.3 Å². The minimum Gasteiger partial charge on any atom is -0.268 e. The standard InChI is InChI=1S/C18H15N3O3/c1-13-5-7-14(8-6-13)12-20-18(22)10-9-17(19-20)15-3-2-4-16(11-15)21(23)24/h2-11H,12H2,1H3. The molecule has 24 heavy (non-hydrogen) atoms. The van der Waals surface area contributed by atoms with Crippen LogP contribution in [0.15, 0.2) is 65.5 Å². The normalized spacial score (nSPS) is 10.5. The van der Waals surface area contributed by atoms with Crippen LogP contribution in [-0.4, -0.2) is 14.7 Å². The number of hydrogen-bond acceptors (Lipinski definition) is 4. The fraction of sp³-hybridized carbons (Fsp3) is 0.111. The van der Waals surface area contributed by atoms with Gasteiger partial charge in [-0.15, -0.1) is 0 Å². The third-order valence-electron chi connectivity index (χ3n) is 3.67. The maximum Gasteiger partial charge on any atom is 0.270 e. The van der Waals surface area contributed by atoms with Gasteiger partial charge in [-0.05, 0) is 18.6 Å². The zero-order chi connectivity index (χ0) is 17.1. The van der Waals surface area contributed by atoms with E-state index < -0.39 is 4.92 Å². The van der Waals surface area contributed by atoms with Gasteiger partial charge in [0, 0.05) is 23.8 Å². The molecule has 2 aromatic carbocycles. The fourth-order valence-corrected chi connectivity index (χ4v) is 2.36. The molecule has 1 aromatic heterocycles. The molecule has 0 aliphatic heterocycles. The summed E-state index contributed by atoms with van der Waals surface area (Å²) in [4.78, 5) is 22.5. The molecule has 0 amide bonds. The molecular weight excluding hydrogens is 306 g/mol. The molecule has 0 bridgehead atoms. The van der Waals surface area contributed by atoms with Crippen molar-refractivity contribution >= 4 is 5.69 Å². The number of benzene rings is 2. The van der Waals surface area contributed by atoms with Crippen molar-refractivity contribution in [2.24, 2.45) is 0 Å². The minimum atomic E-state index is -0.453. The number of nitro benzene ring substituents is 1. The second kappa shape index (κ2) is 6.45. The van der Waals surface area contributed by atoms with Crippen molar-refractivity contribution in [3.8, 4) is 11.3 Å². The Morgan fingerprint density at radius 1 is 1.08 bits per heavy atom. The smallest absolute Gasteiger partial charge is 0.268 e. The molecule has 0 radical (unpaired) electrons. The first-order chi connectivity index (χ1) is 11.5. The Hall–Kier alpha value is -3.28. The quantitative estimate of drug-likeness (QED) is 0.546. The van der Waals surface area contributed by atoms with Crippen LogP contribution >= 0.6 is 0 Å². The zero-order valence-corrected chi connectivity index (χ0v) is 13.0. The largest absolute Gasteiger partial charge is 0.270 e. The number of non-ortho nitro benzene ring substituents is 1. The average molecular weight is 321 g/mol. The summed E-state index contributed by atoms with van der Waals surface area (Å²) < 4.78 is 1.36. The van der Waals surface area contributed by atoms with Gasteiger partial charge >= 0.3 is 0 Å². The SMILES string of the molecule is Cc1ccc(Cn2nc(-c3cccc([N+](=O)[O-])c3)ccc2=O)cc1. The van der Waals surface area contributed by atoms with Crippen molar-refractivity contribution in [3.05, 3.63) is 92.3 Å². The number of nitrogens with zero attached hydrogens (tertiary/aromatic N) is 3. The Balaban J connectivity index is 1.97. The van der Waals surface area contributed by atoms with Gasteiger partial charge in [-0.3, -0.25) is 14.9 Å². The predicted octanol–water partition coefficient (Wildman–Crippen LogP) is 3.18. The van der Waals surface area contributed by atoms with Gasteiger partial charge in [0.15, 0.2) is 0 Å². The highest BCUT2D eigenvalue weighted by Crippen LogP contribution is 2.21. The van der Waals surface area contributed by atoms with Crippen LogP contribution in [0.5, 0.6) is 0 Å². The van der Waals surface area contributed by atoms with E-state index in [0.717, 1.165) is 11.1 Å². The average Bonchev–Trinajstić information content (AvgIpc) is 2.59. The van der Waals surface area contributed by atoms with Gasteiger partial charge in [0.1, 0.15) is 0 Å². The minimum absolute atomic E-state index is 0.00872. The summed E-state index contributed by atoms with van der Waals surface area (Å²) in [6.45, 7) is 2.35. The Bertz CT molecular complexity index is 946. The van der Waals surface area contributed by atoms with Crippen molar-refractivity contribution in [1.82, 2.24) is 9.78 Å². The van der Waals surface area contributed by atoms with Crippen molar-refractivity contribution in [1.29, 1.82) is 0 Å². The number of rotatable bonds is 4. The number of hydrogen-bond donors (Lipinski definition) is 0. The first-order valence-corrected chi connectivity index (χ1v) is 7.41. The monoisotopic (exact) mass is 321 g/mol. The van der Waals surface area contributed by atoms with Crippen molar-refractivity contribution in [3.63, 3.8) is 0 Å². The highest BCUT2D eigenvalue weighted by Gasteiger charge is 2.09. The van der Waals surface area contributed by atoms with E-state index >= 15 is 0 Å². The molecule has 0 unspecified atom stereocenters. The van der Waals surface area contributed by atoms with Crippen LogP contribution < -0.4 is 5.56 Å². The van der Waals surface area contributed by atoms with Gasteiger partial charge in [0.2, 0.25) is 0 Å². The van der Waals surface area contributed by atoms with Gasteiger partial charge in [0.05, 0.1) is 17.2 Å². The van der Waals surface area contributed by atoms with Gasteiger partial charge in [0.25, 0.3) is 11.2 Å². The number of nitro groups is 1. The molecule has 3 aromatic rings. The van der Waals surface area contributed by atoms with Crippen LogP contribution in [-0.2, 0) is 6.54 Å². The molecule has 0 aliphatic carbocycles. The lowest BCUT2D eigenvalue weighted by Gasteiger charge is -2.08. The predicted molar refractivity (Wildman–Crippen MR) is 90.9 cm³/mol. The highest BCUT2D eigenvalue weighted by atomic mass is 16.6. The third kappa shape index (κ3) is 3.38. The van der Waals surface area contributed by atoms with Crippen molar-refractivity contribution < 1.29 is 4.92 Å². The summed E-state index contributed by atoms with van der Waals surface area (Å²) >= 11 is 0. The fourth-order valence-electron chi connectivity index (χ4n) is 2.36. The third-order valence-corrected chi connectivity index (χ3v) is 3.67. The molecule has 0 spiro atoms. The van der Waals surface area contributed by atoms with Crippen molar-refractivity contribution in [2.45, 2.75) is 13.5 Å². The van der Waals surface area contributed by atoms with Gasteiger partial charge < -0.3 is 0 Å². The van der Waals surface area contributed by atoms with Crippen LogP contribution in [0.3, 0.4) is 0 Å². The molecule has 0 saturated heterocycles. The zero-order valence-electron chi connectivity index (χ0n) is 13.0. The second-order valence-corrected chi connectivity index (χ2v) is 5.51. The topological polar surface area (TPSA) is 78.0 Å². The van der Waals surface area contributed by atoms with E-state index in [9.17, 15) is 14.9 Å². The molecule has 6 nitrogen and oxygen atoms in total. The number of aromatic nitrogens is 2. The van der Waals surface area contributed by atoms with E-state index in [2.05, 4.69) is 5.10 Å². The molecule has 6 heteroatoms. The lowest BCUT2D eigenvalue weighted by molar-refractivity contribution is -0.384. The van der Waals surface area contributed by atoms with E-state index in [1.165, 1.54) is 22.9 Å². The Kier molecular flexibility index (Phi) is 4.20. The molecule has 0 atom stereocenters. The van der Waals surface area contributed by atoms with Crippen LogP contribution in [0.2, 0.25) is 0 Å². The second-order valence-electron chi connectivity index (χ2n) is 5.51. The Morgan fingerprint density at radius 2 is 1.83 bits per heavy atom. The first kappa shape index (κ1) is 15.6. The van der Waals surface area contributed by atoms with Gasteiger partial charge in [-0.1, -0.05) is 42.0 Å². The molecule has 0 aliphatic rings. The lowest BCUT2D eigenvalue weighted by Crippen LogP contribution is -2.22. The molecule has 0 fully saturated rings. The summed E-state index contributed by atoms with van der Waals surface area (Å²) in [6.07, 6.45) is 0. The van der Waals surface area contributed by atoms with E-state index in [4.69, 9.17) is 0 Å². The summed E-state index contributed by atoms with van der Waals surface area (Å²) in [5.41, 5.74) is 3.00. The molecule has 1 heterocycles. The molecule has 0 saturated carbocycles. The Labute approximate surface area is 138 Å². The lowest BCUT2D eigenvalue weighted by atomic mass is 10.1. The summed E-state index contributed by atoms with van der Waals surface area (Å²) in [5.74, 6) is 0. The molecule has 0 N–H and O–H groups in total. The van der Waals surface area contributed by atoms with Gasteiger partial charge in [-0.2, -0.15) is 5.10 Å². The molecule has 120 valence electrons. The first-order valence-electron chi connectivity index (χ1n) is 7.41. The van der Waals surface area contributed by atoms with Crippen LogP contribution in [0.1, 0.15) is 11.1 Å². The van der Waals surface area contributed by atoms with E-state index in [1.807, 2.05) is 31.2 Å². The van der Waals surface area contributed by atoms with E-state index in [-0.39, 0.29) is 11.2 Å². The molecule has 3 rings (SSSR count). The van der Waals surface area contributed by atoms with Crippen LogP contribution in [0, 0.1) is 17.0 Å². The summed E-state index contributed by atoms with van der Waals surface area (Å²) in [5, 5.41) is 15.2. The van der Waals surface area contributed by atoms with Crippen molar-refractivity contribution in [2.75, 3.05) is 0 Å². The highest BCUT2D eigenvalue weighted by molar-refractivity contribution is 5.61. The number of aryl methyl sites for hydroxylation is 1. The summed E-state index contributed by atoms with van der Waals surface area (Å²) in [7, 11) is 0. The van der Waals surface area contributed by atoms with E-state index in [0.29, 0.717) is 17.8 Å². The summed E-state index contributed by atoms with van der Waals surface area (Å²) in [6, 6.07) is 17.1.